The van der Waals surface area contributed by atoms with E-state index in [1.807, 2.05) is 24.3 Å². The fourth-order valence-electron chi connectivity index (χ4n) is 2.11. The first-order chi connectivity index (χ1) is 10.2. The molecule has 3 heteroatoms. The van der Waals surface area contributed by atoms with Crippen LogP contribution < -0.4 is 10.1 Å². The maximum atomic E-state index is 5.94. The topological polar surface area (TPSA) is 21.3 Å². The SMILES string of the molecule is CCCNC(C)c1cccc(Oc2ccc(SC)cc2)c1. The van der Waals surface area contributed by atoms with Gasteiger partial charge in [-0.25, -0.2) is 0 Å². The molecule has 0 aliphatic heterocycles. The van der Waals surface area contributed by atoms with Gasteiger partial charge < -0.3 is 10.1 Å². The highest BCUT2D eigenvalue weighted by molar-refractivity contribution is 7.98. The van der Waals surface area contributed by atoms with Crippen molar-refractivity contribution in [1.82, 2.24) is 5.32 Å². The predicted molar refractivity (Wildman–Crippen MR) is 91.4 cm³/mol. The maximum absolute atomic E-state index is 5.94. The van der Waals surface area contributed by atoms with Gasteiger partial charge in [0.05, 0.1) is 0 Å². The summed E-state index contributed by atoms with van der Waals surface area (Å²) >= 11 is 1.73. The van der Waals surface area contributed by atoms with Crippen LogP contribution in [0, 0.1) is 0 Å². The summed E-state index contributed by atoms with van der Waals surface area (Å²) in [4.78, 5) is 1.24. The molecule has 0 heterocycles. The largest absolute Gasteiger partial charge is 0.457 e. The molecule has 2 aromatic rings. The lowest BCUT2D eigenvalue weighted by atomic mass is 10.1. The highest BCUT2D eigenvalue weighted by atomic mass is 32.2. The molecule has 0 amide bonds. The van der Waals surface area contributed by atoms with Crippen molar-refractivity contribution in [3.63, 3.8) is 0 Å². The predicted octanol–water partition coefficient (Wildman–Crippen LogP) is 5.26. The van der Waals surface area contributed by atoms with Gasteiger partial charge in [-0.1, -0.05) is 19.1 Å². The van der Waals surface area contributed by atoms with Crippen molar-refractivity contribution in [1.29, 1.82) is 0 Å². The highest BCUT2D eigenvalue weighted by Crippen LogP contribution is 2.26. The standard InChI is InChI=1S/C18H23NOS/c1-4-12-19-14(2)15-6-5-7-17(13-15)20-16-8-10-18(21-3)11-9-16/h5-11,13-14,19H,4,12H2,1-3H3. The van der Waals surface area contributed by atoms with Gasteiger partial charge in [-0.2, -0.15) is 0 Å². The normalized spacial score (nSPS) is 12.1. The third kappa shape index (κ3) is 4.80. The van der Waals surface area contributed by atoms with Crippen LogP contribution in [0.4, 0.5) is 0 Å². The third-order valence-electron chi connectivity index (χ3n) is 3.35. The minimum Gasteiger partial charge on any atom is -0.457 e. The molecule has 0 radical (unpaired) electrons. The van der Waals surface area contributed by atoms with Crippen LogP contribution in [0.25, 0.3) is 0 Å². The number of hydrogen-bond acceptors (Lipinski definition) is 3. The smallest absolute Gasteiger partial charge is 0.127 e. The fourth-order valence-corrected chi connectivity index (χ4v) is 2.51. The van der Waals surface area contributed by atoms with Crippen molar-refractivity contribution in [2.45, 2.75) is 31.2 Å². The van der Waals surface area contributed by atoms with Crippen LogP contribution in [0.5, 0.6) is 11.5 Å². The minimum absolute atomic E-state index is 0.340. The summed E-state index contributed by atoms with van der Waals surface area (Å²) in [6.45, 7) is 5.39. The zero-order valence-electron chi connectivity index (χ0n) is 12.9. The quantitative estimate of drug-likeness (QED) is 0.705. The molecule has 21 heavy (non-hydrogen) atoms. The van der Waals surface area contributed by atoms with Gasteiger partial charge in [0.25, 0.3) is 0 Å². The highest BCUT2D eigenvalue weighted by Gasteiger charge is 2.06. The van der Waals surface area contributed by atoms with E-state index in [4.69, 9.17) is 4.74 Å². The Bertz CT molecular complexity index is 553. The Labute approximate surface area is 131 Å². The number of ether oxygens (including phenoxy) is 1. The van der Waals surface area contributed by atoms with Crippen LogP contribution in [0.15, 0.2) is 53.4 Å². The Morgan fingerprint density at radius 2 is 1.86 bits per heavy atom. The van der Waals surface area contributed by atoms with E-state index in [0.717, 1.165) is 24.5 Å². The van der Waals surface area contributed by atoms with Crippen LogP contribution in [0.1, 0.15) is 31.9 Å². The van der Waals surface area contributed by atoms with Crippen LogP contribution in [0.2, 0.25) is 0 Å². The molecule has 112 valence electrons. The number of thioether (sulfide) groups is 1. The van der Waals surface area contributed by atoms with Crippen LogP contribution in [0.3, 0.4) is 0 Å². The molecule has 0 aromatic heterocycles. The molecule has 1 atom stereocenters. The molecule has 1 N–H and O–H groups in total. The number of nitrogens with one attached hydrogen (secondary N) is 1. The van der Waals surface area contributed by atoms with Gasteiger partial charge in [0.15, 0.2) is 0 Å². The monoisotopic (exact) mass is 301 g/mol. The maximum Gasteiger partial charge on any atom is 0.127 e. The van der Waals surface area contributed by atoms with Gasteiger partial charge >= 0.3 is 0 Å². The van der Waals surface area contributed by atoms with Crippen LogP contribution in [-0.4, -0.2) is 12.8 Å². The second-order valence-corrected chi connectivity index (χ2v) is 5.91. The average molecular weight is 301 g/mol. The van der Waals surface area contributed by atoms with Crippen molar-refractivity contribution in [2.24, 2.45) is 0 Å². The van der Waals surface area contributed by atoms with Gasteiger partial charge in [0.2, 0.25) is 0 Å². The van der Waals surface area contributed by atoms with E-state index < -0.39 is 0 Å². The van der Waals surface area contributed by atoms with Crippen molar-refractivity contribution < 1.29 is 4.74 Å². The van der Waals surface area contributed by atoms with Gasteiger partial charge in [0, 0.05) is 10.9 Å². The van der Waals surface area contributed by atoms with Crippen molar-refractivity contribution in [3.05, 3.63) is 54.1 Å². The lowest BCUT2D eigenvalue weighted by molar-refractivity contribution is 0.479. The van der Waals surface area contributed by atoms with Crippen LogP contribution in [-0.2, 0) is 0 Å². The second kappa shape index (κ2) is 8.11. The summed E-state index contributed by atoms with van der Waals surface area (Å²) in [6.07, 6.45) is 3.21. The molecule has 0 saturated heterocycles. The molecule has 2 rings (SSSR count). The molecule has 2 nitrogen and oxygen atoms in total. The molecule has 2 aromatic carbocycles. The first kappa shape index (κ1) is 15.9. The van der Waals surface area contributed by atoms with Gasteiger partial charge in [-0.3, -0.25) is 0 Å². The second-order valence-electron chi connectivity index (χ2n) is 5.03. The fraction of sp³-hybridized carbons (Fsp3) is 0.333. The molecular weight excluding hydrogens is 278 g/mol. The Morgan fingerprint density at radius 3 is 2.52 bits per heavy atom. The lowest BCUT2D eigenvalue weighted by Gasteiger charge is -2.15. The molecule has 0 fully saturated rings. The molecular formula is C18H23NOS. The van der Waals surface area contributed by atoms with E-state index in [-0.39, 0.29) is 0 Å². The minimum atomic E-state index is 0.340. The Hall–Kier alpha value is -1.45. The lowest BCUT2D eigenvalue weighted by Crippen LogP contribution is -2.19. The molecule has 0 saturated carbocycles. The summed E-state index contributed by atoms with van der Waals surface area (Å²) in [5.74, 6) is 1.76. The van der Waals surface area contributed by atoms with E-state index in [1.54, 1.807) is 11.8 Å². The number of rotatable bonds is 7. The van der Waals surface area contributed by atoms with E-state index in [9.17, 15) is 0 Å². The summed E-state index contributed by atoms with van der Waals surface area (Å²) < 4.78 is 5.94. The van der Waals surface area contributed by atoms with E-state index in [2.05, 4.69) is 49.7 Å². The zero-order chi connectivity index (χ0) is 15.1. The summed E-state index contributed by atoms with van der Waals surface area (Å²) in [5.41, 5.74) is 1.25. The Balaban J connectivity index is 2.06. The Kier molecular flexibility index (Phi) is 6.15. The molecule has 0 bridgehead atoms. The van der Waals surface area contributed by atoms with Gasteiger partial charge in [-0.15, -0.1) is 11.8 Å². The van der Waals surface area contributed by atoms with E-state index >= 15 is 0 Å². The van der Waals surface area contributed by atoms with Crippen molar-refractivity contribution in [3.8, 4) is 11.5 Å². The molecule has 1 unspecified atom stereocenters. The van der Waals surface area contributed by atoms with Gasteiger partial charge in [0.1, 0.15) is 11.5 Å². The third-order valence-corrected chi connectivity index (χ3v) is 4.10. The van der Waals surface area contributed by atoms with Gasteiger partial charge in [-0.05, 0) is 68.1 Å². The number of benzene rings is 2. The summed E-state index contributed by atoms with van der Waals surface area (Å²) in [5, 5.41) is 3.50. The Morgan fingerprint density at radius 1 is 1.10 bits per heavy atom. The van der Waals surface area contributed by atoms with Crippen molar-refractivity contribution >= 4 is 11.8 Å². The first-order valence-corrected chi connectivity index (χ1v) is 8.60. The van der Waals surface area contributed by atoms with E-state index in [0.29, 0.717) is 6.04 Å². The van der Waals surface area contributed by atoms with E-state index in [1.165, 1.54) is 10.5 Å². The summed E-state index contributed by atoms with van der Waals surface area (Å²) in [6, 6.07) is 16.8. The van der Waals surface area contributed by atoms with Crippen LogP contribution >= 0.6 is 11.8 Å². The summed E-state index contributed by atoms with van der Waals surface area (Å²) in [7, 11) is 0. The molecule has 0 aliphatic carbocycles. The molecule has 0 aliphatic rings. The first-order valence-electron chi connectivity index (χ1n) is 7.38. The zero-order valence-corrected chi connectivity index (χ0v) is 13.7. The molecule has 0 spiro atoms. The average Bonchev–Trinajstić information content (AvgIpc) is 2.53. The number of hydrogen-bond donors (Lipinski definition) is 1. The van der Waals surface area contributed by atoms with Crippen molar-refractivity contribution in [2.75, 3.05) is 12.8 Å².